The summed E-state index contributed by atoms with van der Waals surface area (Å²) in [7, 11) is -2.62. The third-order valence-corrected chi connectivity index (χ3v) is 8.62. The Morgan fingerprint density at radius 1 is 1.00 bits per heavy atom. The van der Waals surface area contributed by atoms with E-state index in [0.29, 0.717) is 21.8 Å². The van der Waals surface area contributed by atoms with E-state index in [0.717, 1.165) is 40.8 Å². The van der Waals surface area contributed by atoms with Crippen LogP contribution < -0.4 is 10.0 Å². The second kappa shape index (κ2) is 9.23. The Bertz CT molecular complexity index is 1410. The smallest absolute Gasteiger partial charge is 0.341 e. The highest BCUT2D eigenvalue weighted by atomic mass is 32.2. The molecule has 0 atom stereocenters. The van der Waals surface area contributed by atoms with Crippen molar-refractivity contribution >= 4 is 43.9 Å². The van der Waals surface area contributed by atoms with Gasteiger partial charge in [-0.05, 0) is 74.9 Å². The number of carbonyl (C=O) groups is 2. The molecule has 7 nitrogen and oxygen atoms in total. The second-order valence-electron chi connectivity index (χ2n) is 8.41. The predicted octanol–water partition coefficient (Wildman–Crippen LogP) is 5.00. The molecule has 0 radical (unpaired) electrons. The molecule has 1 amide bonds. The van der Waals surface area contributed by atoms with Crippen LogP contribution in [0.3, 0.4) is 0 Å². The van der Waals surface area contributed by atoms with Gasteiger partial charge in [0.25, 0.3) is 15.9 Å². The van der Waals surface area contributed by atoms with Crippen molar-refractivity contribution in [3.8, 4) is 0 Å². The number of nitrogens with one attached hydrogen (secondary N) is 2. The number of aryl methyl sites for hydroxylation is 4. The van der Waals surface area contributed by atoms with Crippen molar-refractivity contribution in [2.24, 2.45) is 0 Å². The molecule has 2 aromatic carbocycles. The molecule has 0 aliphatic heterocycles. The van der Waals surface area contributed by atoms with Gasteiger partial charge in [-0.2, -0.15) is 0 Å². The zero-order valence-corrected chi connectivity index (χ0v) is 21.1. The summed E-state index contributed by atoms with van der Waals surface area (Å²) in [6.45, 7) is 5.45. The number of carbonyl (C=O) groups excluding carboxylic acids is 2. The zero-order valence-electron chi connectivity index (χ0n) is 19.4. The number of sulfonamides is 1. The van der Waals surface area contributed by atoms with Crippen molar-refractivity contribution in [2.45, 2.75) is 44.9 Å². The fourth-order valence-electron chi connectivity index (χ4n) is 4.14. The monoisotopic (exact) mass is 498 g/mol. The Hall–Kier alpha value is -3.17. The first-order valence-electron chi connectivity index (χ1n) is 10.9. The third kappa shape index (κ3) is 4.58. The lowest BCUT2D eigenvalue weighted by Gasteiger charge is -2.14. The van der Waals surface area contributed by atoms with E-state index < -0.39 is 21.9 Å². The quantitative estimate of drug-likeness (QED) is 0.466. The van der Waals surface area contributed by atoms with Gasteiger partial charge < -0.3 is 10.1 Å². The summed E-state index contributed by atoms with van der Waals surface area (Å²) in [4.78, 5) is 26.5. The van der Waals surface area contributed by atoms with E-state index in [4.69, 9.17) is 4.74 Å². The number of amides is 1. The Morgan fingerprint density at radius 2 is 1.76 bits per heavy atom. The SMILES string of the molecule is COC(=O)c1c(NC(=O)c2ccc(C)c(S(=O)(=O)Nc3ccc(C)cc3C)c2)sc2c1CCC2. The fraction of sp³-hybridized carbons (Fsp3) is 0.280. The average molecular weight is 499 g/mol. The summed E-state index contributed by atoms with van der Waals surface area (Å²) in [5, 5.41) is 3.23. The van der Waals surface area contributed by atoms with Crippen LogP contribution in [0.25, 0.3) is 0 Å². The fourth-order valence-corrected chi connectivity index (χ4v) is 6.82. The maximum Gasteiger partial charge on any atom is 0.341 e. The predicted molar refractivity (Wildman–Crippen MR) is 134 cm³/mol. The van der Waals surface area contributed by atoms with Crippen LogP contribution in [0, 0.1) is 20.8 Å². The first kappa shape index (κ1) is 24.0. The van der Waals surface area contributed by atoms with E-state index >= 15 is 0 Å². The molecule has 0 bridgehead atoms. The van der Waals surface area contributed by atoms with Crippen molar-refractivity contribution in [1.29, 1.82) is 0 Å². The highest BCUT2D eigenvalue weighted by Gasteiger charge is 2.28. The van der Waals surface area contributed by atoms with Crippen molar-refractivity contribution in [2.75, 3.05) is 17.1 Å². The van der Waals surface area contributed by atoms with Gasteiger partial charge in [0.15, 0.2) is 0 Å². The average Bonchev–Trinajstić information content (AvgIpc) is 3.36. The second-order valence-corrected chi connectivity index (χ2v) is 11.2. The van der Waals surface area contributed by atoms with Gasteiger partial charge in [0, 0.05) is 10.4 Å². The van der Waals surface area contributed by atoms with Crippen LogP contribution >= 0.6 is 11.3 Å². The number of hydrogen-bond donors (Lipinski definition) is 2. The number of rotatable bonds is 6. The Kier molecular flexibility index (Phi) is 6.51. The lowest BCUT2D eigenvalue weighted by molar-refractivity contribution is 0.0601. The molecule has 0 saturated heterocycles. The Labute approximate surface area is 203 Å². The summed E-state index contributed by atoms with van der Waals surface area (Å²) in [6.07, 6.45) is 2.59. The normalized spacial score (nSPS) is 12.8. The topological polar surface area (TPSA) is 102 Å². The number of hydrogen-bond acceptors (Lipinski definition) is 6. The van der Waals surface area contributed by atoms with Gasteiger partial charge in [-0.3, -0.25) is 9.52 Å². The van der Waals surface area contributed by atoms with E-state index in [-0.39, 0.29) is 10.5 Å². The van der Waals surface area contributed by atoms with Crippen LogP contribution in [0.15, 0.2) is 41.3 Å². The van der Waals surface area contributed by atoms with Crippen molar-refractivity contribution in [3.05, 3.63) is 74.7 Å². The molecule has 0 fully saturated rings. The standard InChI is InChI=1S/C25H26N2O5S2/c1-14-8-11-19(16(3)12-14)27-34(30,31)21-13-17(10-9-15(21)2)23(28)26-24-22(25(29)32-4)18-6-5-7-20(18)33-24/h8-13,27H,5-7H2,1-4H3,(H,26,28). The number of anilines is 2. The Morgan fingerprint density at radius 3 is 2.47 bits per heavy atom. The molecule has 3 aromatic rings. The third-order valence-electron chi connectivity index (χ3n) is 5.90. The van der Waals surface area contributed by atoms with Gasteiger partial charge in [0.1, 0.15) is 5.00 Å². The molecule has 1 heterocycles. The maximum absolute atomic E-state index is 13.2. The molecule has 0 spiro atoms. The summed E-state index contributed by atoms with van der Waals surface area (Å²) in [6, 6.07) is 9.97. The molecular formula is C25H26N2O5S2. The number of esters is 1. The van der Waals surface area contributed by atoms with Gasteiger partial charge >= 0.3 is 5.97 Å². The summed E-state index contributed by atoms with van der Waals surface area (Å²) in [5.74, 6) is -0.979. The maximum atomic E-state index is 13.2. The van der Waals surface area contributed by atoms with E-state index in [2.05, 4.69) is 10.0 Å². The molecule has 2 N–H and O–H groups in total. The van der Waals surface area contributed by atoms with Crippen LogP contribution in [0.4, 0.5) is 10.7 Å². The van der Waals surface area contributed by atoms with Gasteiger partial charge in [0.05, 0.1) is 23.3 Å². The van der Waals surface area contributed by atoms with Gasteiger partial charge in [-0.1, -0.05) is 23.8 Å². The van der Waals surface area contributed by atoms with Crippen molar-refractivity contribution in [1.82, 2.24) is 0 Å². The van der Waals surface area contributed by atoms with Gasteiger partial charge in [0.2, 0.25) is 0 Å². The highest BCUT2D eigenvalue weighted by Crippen LogP contribution is 2.39. The van der Waals surface area contributed by atoms with E-state index in [1.54, 1.807) is 25.1 Å². The molecule has 34 heavy (non-hydrogen) atoms. The van der Waals surface area contributed by atoms with E-state index in [1.807, 2.05) is 26.0 Å². The Balaban J connectivity index is 1.64. The van der Waals surface area contributed by atoms with Gasteiger partial charge in [-0.25, -0.2) is 13.2 Å². The first-order valence-corrected chi connectivity index (χ1v) is 13.2. The lowest BCUT2D eigenvalue weighted by Crippen LogP contribution is -2.18. The molecular weight excluding hydrogens is 472 g/mol. The first-order chi connectivity index (χ1) is 16.1. The zero-order chi connectivity index (χ0) is 24.6. The summed E-state index contributed by atoms with van der Waals surface area (Å²) >= 11 is 1.37. The van der Waals surface area contributed by atoms with Crippen LogP contribution in [0.1, 0.15) is 54.3 Å². The molecule has 1 aromatic heterocycles. The minimum Gasteiger partial charge on any atom is -0.465 e. The van der Waals surface area contributed by atoms with Crippen LogP contribution in [-0.4, -0.2) is 27.4 Å². The summed E-state index contributed by atoms with van der Waals surface area (Å²) < 4.78 is 33.9. The molecule has 9 heteroatoms. The number of methoxy groups -OCH3 is 1. The van der Waals surface area contributed by atoms with Crippen LogP contribution in [0.5, 0.6) is 0 Å². The lowest BCUT2D eigenvalue weighted by atomic mass is 10.1. The minimum atomic E-state index is -3.93. The molecule has 0 unspecified atom stereocenters. The highest BCUT2D eigenvalue weighted by molar-refractivity contribution is 7.92. The number of thiophene rings is 1. The molecule has 4 rings (SSSR count). The van der Waals surface area contributed by atoms with E-state index in [9.17, 15) is 18.0 Å². The molecule has 178 valence electrons. The van der Waals surface area contributed by atoms with Gasteiger partial charge in [-0.15, -0.1) is 11.3 Å². The molecule has 1 aliphatic carbocycles. The number of ether oxygens (including phenoxy) is 1. The summed E-state index contributed by atoms with van der Waals surface area (Å²) in [5.41, 5.74) is 4.32. The largest absolute Gasteiger partial charge is 0.465 e. The number of fused-ring (bicyclic) bond motifs is 1. The molecule has 0 saturated carbocycles. The van der Waals surface area contributed by atoms with E-state index in [1.165, 1.54) is 24.5 Å². The number of benzene rings is 2. The van der Waals surface area contributed by atoms with Crippen molar-refractivity contribution < 1.29 is 22.7 Å². The van der Waals surface area contributed by atoms with Crippen molar-refractivity contribution in [3.63, 3.8) is 0 Å². The molecule has 1 aliphatic rings. The van der Waals surface area contributed by atoms with Crippen LogP contribution in [-0.2, 0) is 27.6 Å². The van der Waals surface area contributed by atoms with Crippen LogP contribution in [0.2, 0.25) is 0 Å². The minimum absolute atomic E-state index is 0.0157.